The molecule has 0 atom stereocenters. The Morgan fingerprint density at radius 3 is 3.05 bits per heavy atom. The van der Waals surface area contributed by atoms with E-state index >= 15 is 0 Å². The number of carbonyl (C=O) groups is 1. The van der Waals surface area contributed by atoms with E-state index in [1.54, 1.807) is 23.8 Å². The maximum Gasteiger partial charge on any atom is 0.245 e. The lowest BCUT2D eigenvalue weighted by Gasteiger charge is -1.97. The Bertz CT molecular complexity index is 569. The first kappa shape index (κ1) is 13.3. The average molecular weight is 274 g/mol. The fourth-order valence-electron chi connectivity index (χ4n) is 1.45. The molecular formula is C14H14N2O2S. The largest absolute Gasteiger partial charge is 0.465 e. The van der Waals surface area contributed by atoms with Gasteiger partial charge in [-0.05, 0) is 42.2 Å². The number of hydrogen-bond donors (Lipinski definition) is 1. The Kier molecular flexibility index (Phi) is 4.69. The van der Waals surface area contributed by atoms with Gasteiger partial charge in [-0.25, -0.2) is 5.43 Å². The fraction of sp³-hybridized carbons (Fsp3) is 0.143. The fourth-order valence-corrected chi connectivity index (χ4v) is 2.16. The first-order chi connectivity index (χ1) is 9.24. The third-order valence-corrected chi connectivity index (χ3v) is 3.16. The number of thiophene rings is 1. The second-order valence-electron chi connectivity index (χ2n) is 3.95. The molecule has 0 saturated carbocycles. The first-order valence-electron chi connectivity index (χ1n) is 5.80. The van der Waals surface area contributed by atoms with Crippen LogP contribution in [0.3, 0.4) is 0 Å². The molecule has 1 amide bonds. The molecule has 0 aliphatic rings. The van der Waals surface area contributed by atoms with Crippen LogP contribution in [-0.2, 0) is 11.2 Å². The number of nitrogens with zero attached hydrogens (tertiary/aromatic N) is 1. The molecule has 0 bridgehead atoms. The van der Waals surface area contributed by atoms with Crippen molar-refractivity contribution in [3.63, 3.8) is 0 Å². The van der Waals surface area contributed by atoms with Gasteiger partial charge >= 0.3 is 0 Å². The van der Waals surface area contributed by atoms with Crippen LogP contribution < -0.4 is 5.43 Å². The van der Waals surface area contributed by atoms with Crippen molar-refractivity contribution in [1.29, 1.82) is 0 Å². The molecule has 5 heteroatoms. The van der Waals surface area contributed by atoms with E-state index in [-0.39, 0.29) is 5.91 Å². The van der Waals surface area contributed by atoms with Crippen molar-refractivity contribution in [3.8, 4) is 0 Å². The molecular weight excluding hydrogens is 260 g/mol. The molecule has 0 aliphatic heterocycles. The van der Waals surface area contributed by atoms with Crippen molar-refractivity contribution in [2.45, 2.75) is 13.3 Å². The van der Waals surface area contributed by atoms with Crippen LogP contribution in [0.5, 0.6) is 0 Å². The minimum Gasteiger partial charge on any atom is -0.465 e. The zero-order valence-corrected chi connectivity index (χ0v) is 11.3. The summed E-state index contributed by atoms with van der Waals surface area (Å²) in [6, 6.07) is 7.52. The van der Waals surface area contributed by atoms with E-state index in [0.717, 1.165) is 16.2 Å². The van der Waals surface area contributed by atoms with Crippen molar-refractivity contribution in [1.82, 2.24) is 5.43 Å². The summed E-state index contributed by atoms with van der Waals surface area (Å²) < 4.78 is 5.18. The van der Waals surface area contributed by atoms with Crippen LogP contribution in [0.15, 0.2) is 51.0 Å². The summed E-state index contributed by atoms with van der Waals surface area (Å²) >= 11 is 1.56. The van der Waals surface area contributed by atoms with Crippen LogP contribution in [-0.4, -0.2) is 12.1 Å². The molecule has 98 valence electrons. The zero-order chi connectivity index (χ0) is 13.5. The molecule has 0 saturated heterocycles. The van der Waals surface area contributed by atoms with E-state index in [2.05, 4.69) is 10.5 Å². The highest BCUT2D eigenvalue weighted by molar-refractivity contribution is 7.10. The molecule has 19 heavy (non-hydrogen) atoms. The predicted molar refractivity (Wildman–Crippen MR) is 77.0 cm³/mol. The van der Waals surface area contributed by atoms with Gasteiger partial charge < -0.3 is 4.42 Å². The summed E-state index contributed by atoms with van der Waals surface area (Å²) in [4.78, 5) is 12.6. The highest BCUT2D eigenvalue weighted by Crippen LogP contribution is 2.08. The minimum atomic E-state index is -0.121. The SMILES string of the molecule is CC(C=NNC(=O)Cc1cccs1)=Cc1ccco1. The van der Waals surface area contributed by atoms with Crippen LogP contribution >= 0.6 is 11.3 Å². The number of amides is 1. The van der Waals surface area contributed by atoms with Gasteiger partial charge in [0.25, 0.3) is 0 Å². The van der Waals surface area contributed by atoms with E-state index in [4.69, 9.17) is 4.42 Å². The third-order valence-electron chi connectivity index (χ3n) is 2.29. The lowest BCUT2D eigenvalue weighted by molar-refractivity contribution is -0.120. The molecule has 4 nitrogen and oxygen atoms in total. The Labute approximate surface area is 115 Å². The highest BCUT2D eigenvalue weighted by atomic mass is 32.1. The Morgan fingerprint density at radius 1 is 1.47 bits per heavy atom. The molecule has 0 radical (unpaired) electrons. The van der Waals surface area contributed by atoms with Gasteiger partial charge in [-0.15, -0.1) is 11.3 Å². The summed E-state index contributed by atoms with van der Waals surface area (Å²) in [7, 11) is 0. The molecule has 2 heterocycles. The van der Waals surface area contributed by atoms with Crippen LogP contribution in [0.2, 0.25) is 0 Å². The summed E-state index contributed by atoms with van der Waals surface area (Å²) in [5, 5.41) is 5.85. The quantitative estimate of drug-likeness (QED) is 0.673. The van der Waals surface area contributed by atoms with E-state index in [1.165, 1.54) is 0 Å². The number of allylic oxidation sites excluding steroid dienone is 1. The average Bonchev–Trinajstić information content (AvgIpc) is 3.02. The normalized spacial score (nSPS) is 11.9. The van der Waals surface area contributed by atoms with Crippen molar-refractivity contribution >= 4 is 29.5 Å². The topological polar surface area (TPSA) is 54.6 Å². The van der Waals surface area contributed by atoms with Gasteiger partial charge in [0.05, 0.1) is 18.9 Å². The molecule has 2 aromatic heterocycles. The summed E-state index contributed by atoms with van der Waals surface area (Å²) in [6.07, 6.45) is 5.40. The second kappa shape index (κ2) is 6.70. The number of furan rings is 1. The molecule has 0 aromatic carbocycles. The van der Waals surface area contributed by atoms with E-state index in [0.29, 0.717) is 6.42 Å². The molecule has 1 N–H and O–H groups in total. The predicted octanol–water partition coefficient (Wildman–Crippen LogP) is 3.09. The van der Waals surface area contributed by atoms with E-state index in [1.807, 2.05) is 42.6 Å². The Morgan fingerprint density at radius 2 is 2.37 bits per heavy atom. The number of rotatable bonds is 5. The van der Waals surface area contributed by atoms with Crippen LogP contribution in [0, 0.1) is 0 Å². The summed E-state index contributed by atoms with van der Waals surface area (Å²) in [5.74, 6) is 0.637. The first-order valence-corrected chi connectivity index (χ1v) is 6.68. The van der Waals surface area contributed by atoms with Gasteiger partial charge in [0.15, 0.2) is 0 Å². The van der Waals surface area contributed by atoms with Crippen molar-refractivity contribution in [3.05, 3.63) is 52.1 Å². The Hall–Kier alpha value is -2.14. The Balaban J connectivity index is 1.81. The van der Waals surface area contributed by atoms with Gasteiger partial charge in [0, 0.05) is 4.88 Å². The number of hydrogen-bond acceptors (Lipinski definition) is 4. The summed E-state index contributed by atoms with van der Waals surface area (Å²) in [6.45, 7) is 1.89. The van der Waals surface area contributed by atoms with E-state index in [9.17, 15) is 4.79 Å². The van der Waals surface area contributed by atoms with Gasteiger partial charge in [-0.2, -0.15) is 5.10 Å². The molecule has 2 aromatic rings. The minimum absolute atomic E-state index is 0.121. The second-order valence-corrected chi connectivity index (χ2v) is 4.99. The highest BCUT2D eigenvalue weighted by Gasteiger charge is 2.01. The molecule has 0 fully saturated rings. The molecule has 0 unspecified atom stereocenters. The van der Waals surface area contributed by atoms with Gasteiger partial charge in [-0.3, -0.25) is 4.79 Å². The van der Waals surface area contributed by atoms with Crippen LogP contribution in [0.25, 0.3) is 6.08 Å². The summed E-state index contributed by atoms with van der Waals surface area (Å²) in [5.41, 5.74) is 3.39. The monoisotopic (exact) mass is 274 g/mol. The van der Waals surface area contributed by atoms with Gasteiger partial charge in [0.1, 0.15) is 5.76 Å². The standard InChI is InChI=1S/C14H14N2O2S/c1-11(8-12-4-2-6-18-12)10-15-16-14(17)9-13-5-3-7-19-13/h2-8,10H,9H2,1H3,(H,16,17). The third kappa shape index (κ3) is 4.56. The maximum atomic E-state index is 11.6. The number of nitrogens with one attached hydrogen (secondary N) is 1. The smallest absolute Gasteiger partial charge is 0.245 e. The van der Waals surface area contributed by atoms with Gasteiger partial charge in [-0.1, -0.05) is 6.07 Å². The van der Waals surface area contributed by atoms with Gasteiger partial charge in [0.2, 0.25) is 5.91 Å². The lowest BCUT2D eigenvalue weighted by Crippen LogP contribution is -2.19. The zero-order valence-electron chi connectivity index (χ0n) is 10.5. The van der Waals surface area contributed by atoms with Crippen molar-refractivity contribution < 1.29 is 9.21 Å². The van der Waals surface area contributed by atoms with Crippen LogP contribution in [0.4, 0.5) is 0 Å². The van der Waals surface area contributed by atoms with Crippen molar-refractivity contribution in [2.75, 3.05) is 0 Å². The lowest BCUT2D eigenvalue weighted by atomic mass is 10.3. The van der Waals surface area contributed by atoms with Crippen molar-refractivity contribution in [2.24, 2.45) is 5.10 Å². The maximum absolute atomic E-state index is 11.6. The molecule has 2 rings (SSSR count). The number of hydrazone groups is 1. The van der Waals surface area contributed by atoms with E-state index < -0.39 is 0 Å². The number of carbonyl (C=O) groups excluding carboxylic acids is 1. The molecule has 0 aliphatic carbocycles. The van der Waals surface area contributed by atoms with Crippen LogP contribution in [0.1, 0.15) is 17.6 Å². The molecule has 0 spiro atoms.